The lowest BCUT2D eigenvalue weighted by molar-refractivity contribution is 0.208. The molecule has 2 N–H and O–H groups in total. The number of unbranched alkanes of at least 4 members (excludes halogenated alkanes) is 6. The summed E-state index contributed by atoms with van der Waals surface area (Å²) < 4.78 is 0. The Morgan fingerprint density at radius 3 is 2.33 bits per heavy atom. The lowest BCUT2D eigenvalue weighted by Gasteiger charge is -2.13. The Morgan fingerprint density at radius 2 is 1.62 bits per heavy atom. The van der Waals surface area contributed by atoms with Crippen LogP contribution in [0.2, 0.25) is 0 Å². The maximum Gasteiger partial charge on any atom is 0.0727 e. The van der Waals surface area contributed by atoms with Gasteiger partial charge in [-0.05, 0) is 30.5 Å². The first-order valence-electron chi connectivity index (χ1n) is 9.92. The van der Waals surface area contributed by atoms with Crippen LogP contribution in [0.25, 0.3) is 5.57 Å². The molecule has 1 rings (SSSR count). The molecule has 0 radical (unpaired) electrons. The molecule has 2 nitrogen and oxygen atoms in total. The second-order valence-corrected chi connectivity index (χ2v) is 6.71. The molecule has 0 heterocycles. The van der Waals surface area contributed by atoms with Crippen molar-refractivity contribution < 1.29 is 5.11 Å². The van der Waals surface area contributed by atoms with Crippen LogP contribution in [0.1, 0.15) is 77.2 Å². The van der Waals surface area contributed by atoms with Crippen LogP contribution in [0.4, 0.5) is 0 Å². The number of rotatable bonds is 14. The fourth-order valence-electron chi connectivity index (χ4n) is 2.88. The quantitative estimate of drug-likeness (QED) is 0.437. The first-order chi connectivity index (χ1) is 11.8. The van der Waals surface area contributed by atoms with E-state index < -0.39 is 0 Å². The van der Waals surface area contributed by atoms with Crippen LogP contribution in [0.3, 0.4) is 0 Å². The maximum absolute atomic E-state index is 10.4. The van der Waals surface area contributed by atoms with E-state index in [0.717, 1.165) is 25.9 Å². The Hall–Kier alpha value is -1.12. The fourth-order valence-corrected chi connectivity index (χ4v) is 2.88. The van der Waals surface area contributed by atoms with Crippen molar-refractivity contribution in [1.82, 2.24) is 5.32 Å². The summed E-state index contributed by atoms with van der Waals surface area (Å²) in [7, 11) is 0. The zero-order valence-electron chi connectivity index (χ0n) is 15.8. The van der Waals surface area contributed by atoms with Crippen molar-refractivity contribution in [1.29, 1.82) is 0 Å². The largest absolute Gasteiger partial charge is 0.389 e. The van der Waals surface area contributed by atoms with E-state index in [1.54, 1.807) is 0 Å². The molecule has 0 aliphatic carbocycles. The Bertz CT molecular complexity index is 427. The van der Waals surface area contributed by atoms with E-state index in [2.05, 4.69) is 49.5 Å². The van der Waals surface area contributed by atoms with Gasteiger partial charge in [-0.15, -0.1) is 0 Å². The topological polar surface area (TPSA) is 32.3 Å². The molecule has 0 amide bonds. The maximum atomic E-state index is 10.4. The average Bonchev–Trinajstić information content (AvgIpc) is 2.61. The SMILES string of the molecule is CCCCCCCCC(O)/C=C(/CNCCCC)c1ccccc1. The molecular formula is C22H37NO. The number of nitrogens with one attached hydrogen (secondary N) is 1. The zero-order chi connectivity index (χ0) is 17.5. The fraction of sp³-hybridized carbons (Fsp3) is 0.636. The van der Waals surface area contributed by atoms with Gasteiger partial charge in [-0.2, -0.15) is 0 Å². The van der Waals surface area contributed by atoms with Crippen LogP contribution in [0.5, 0.6) is 0 Å². The van der Waals surface area contributed by atoms with Crippen LogP contribution in [-0.2, 0) is 0 Å². The third-order valence-electron chi connectivity index (χ3n) is 4.41. The number of benzene rings is 1. The Labute approximate surface area is 149 Å². The van der Waals surface area contributed by atoms with Gasteiger partial charge in [0.2, 0.25) is 0 Å². The normalized spacial score (nSPS) is 13.2. The summed E-state index contributed by atoms with van der Waals surface area (Å²) in [4.78, 5) is 0. The van der Waals surface area contributed by atoms with Gasteiger partial charge < -0.3 is 10.4 Å². The van der Waals surface area contributed by atoms with Crippen LogP contribution in [0, 0.1) is 0 Å². The van der Waals surface area contributed by atoms with Crippen LogP contribution in [0.15, 0.2) is 36.4 Å². The molecule has 1 unspecified atom stereocenters. The van der Waals surface area contributed by atoms with Crippen molar-refractivity contribution >= 4 is 5.57 Å². The van der Waals surface area contributed by atoms with Gasteiger partial charge >= 0.3 is 0 Å². The third-order valence-corrected chi connectivity index (χ3v) is 4.41. The molecule has 0 aliphatic rings. The highest BCUT2D eigenvalue weighted by atomic mass is 16.3. The summed E-state index contributed by atoms with van der Waals surface area (Å²) >= 11 is 0. The molecule has 1 aromatic rings. The number of hydrogen-bond donors (Lipinski definition) is 2. The smallest absolute Gasteiger partial charge is 0.0727 e. The first-order valence-corrected chi connectivity index (χ1v) is 9.92. The van der Waals surface area contributed by atoms with Gasteiger partial charge in [-0.1, -0.05) is 95.2 Å². The molecule has 2 heteroatoms. The van der Waals surface area contributed by atoms with Gasteiger partial charge in [0.15, 0.2) is 0 Å². The predicted molar refractivity (Wildman–Crippen MR) is 106 cm³/mol. The predicted octanol–water partition coefficient (Wildman–Crippen LogP) is 5.57. The van der Waals surface area contributed by atoms with Crippen molar-refractivity contribution in [2.75, 3.05) is 13.1 Å². The highest BCUT2D eigenvalue weighted by molar-refractivity contribution is 5.67. The first kappa shape index (κ1) is 20.9. The second kappa shape index (κ2) is 14.2. The third kappa shape index (κ3) is 9.89. The van der Waals surface area contributed by atoms with E-state index in [9.17, 15) is 5.11 Å². The molecule has 0 saturated heterocycles. The Kier molecular flexibility index (Phi) is 12.4. The molecular weight excluding hydrogens is 294 g/mol. The summed E-state index contributed by atoms with van der Waals surface area (Å²) in [5.74, 6) is 0. The zero-order valence-corrected chi connectivity index (χ0v) is 15.8. The van der Waals surface area contributed by atoms with Gasteiger partial charge in [-0.3, -0.25) is 0 Å². The summed E-state index contributed by atoms with van der Waals surface area (Å²) in [5.41, 5.74) is 2.42. The van der Waals surface area contributed by atoms with Crippen molar-refractivity contribution in [3.05, 3.63) is 42.0 Å². The molecule has 0 fully saturated rings. The van der Waals surface area contributed by atoms with E-state index in [4.69, 9.17) is 0 Å². The second-order valence-electron chi connectivity index (χ2n) is 6.71. The van der Waals surface area contributed by atoms with Crippen molar-refractivity contribution in [3.63, 3.8) is 0 Å². The number of aliphatic hydroxyl groups excluding tert-OH is 1. The minimum absolute atomic E-state index is 0.334. The van der Waals surface area contributed by atoms with Crippen LogP contribution >= 0.6 is 0 Å². The summed E-state index contributed by atoms with van der Waals surface area (Å²) in [6.45, 7) is 6.32. The number of hydrogen-bond acceptors (Lipinski definition) is 2. The van der Waals surface area contributed by atoms with Crippen molar-refractivity contribution in [3.8, 4) is 0 Å². The standard InChI is InChI=1S/C22H37NO/c1-3-5-7-8-9-13-16-22(24)18-21(19-23-17-6-4-2)20-14-11-10-12-15-20/h10-12,14-15,18,22-24H,3-9,13,16-17,19H2,1-2H3/b21-18-. The molecule has 1 aromatic carbocycles. The van der Waals surface area contributed by atoms with Crippen molar-refractivity contribution in [2.45, 2.75) is 77.7 Å². The molecule has 0 saturated carbocycles. The van der Waals surface area contributed by atoms with E-state index in [0.29, 0.717) is 0 Å². The van der Waals surface area contributed by atoms with Crippen molar-refractivity contribution in [2.24, 2.45) is 0 Å². The summed E-state index contributed by atoms with van der Waals surface area (Å²) in [6, 6.07) is 10.4. The molecule has 0 bridgehead atoms. The van der Waals surface area contributed by atoms with Gasteiger partial charge in [-0.25, -0.2) is 0 Å². The van der Waals surface area contributed by atoms with E-state index in [1.807, 2.05) is 6.07 Å². The van der Waals surface area contributed by atoms with E-state index in [-0.39, 0.29) is 6.10 Å². The lowest BCUT2D eigenvalue weighted by Crippen LogP contribution is -2.19. The summed E-state index contributed by atoms with van der Waals surface area (Å²) in [5, 5.41) is 13.9. The lowest BCUT2D eigenvalue weighted by atomic mass is 10.0. The molecule has 0 spiro atoms. The minimum atomic E-state index is -0.334. The molecule has 136 valence electrons. The van der Waals surface area contributed by atoms with Gasteiger partial charge in [0.25, 0.3) is 0 Å². The highest BCUT2D eigenvalue weighted by Crippen LogP contribution is 2.16. The average molecular weight is 332 g/mol. The molecule has 1 atom stereocenters. The minimum Gasteiger partial charge on any atom is -0.389 e. The molecule has 0 aliphatic heterocycles. The van der Waals surface area contributed by atoms with Crippen LogP contribution < -0.4 is 5.32 Å². The van der Waals surface area contributed by atoms with E-state index in [1.165, 1.54) is 56.1 Å². The van der Waals surface area contributed by atoms with Gasteiger partial charge in [0.05, 0.1) is 6.10 Å². The van der Waals surface area contributed by atoms with Gasteiger partial charge in [0, 0.05) is 6.54 Å². The Balaban J connectivity index is 2.46. The highest BCUT2D eigenvalue weighted by Gasteiger charge is 2.06. The molecule has 0 aromatic heterocycles. The monoisotopic (exact) mass is 331 g/mol. The summed E-state index contributed by atoms with van der Waals surface area (Å²) in [6.07, 6.45) is 12.6. The van der Waals surface area contributed by atoms with E-state index >= 15 is 0 Å². The number of aliphatic hydroxyl groups is 1. The van der Waals surface area contributed by atoms with Gasteiger partial charge in [0.1, 0.15) is 0 Å². The molecule has 24 heavy (non-hydrogen) atoms. The Morgan fingerprint density at radius 1 is 0.958 bits per heavy atom. The van der Waals surface area contributed by atoms with Crippen LogP contribution in [-0.4, -0.2) is 24.3 Å².